The SMILES string of the molecule is CC(C)CNC(=O)C(Cc1ccccc1)N(Cc1ccc(Cl)c(Cl)c1)C(=O)COc1cccc(Cl)c1. The molecule has 0 aliphatic rings. The molecular weight excluding hydrogens is 519 g/mol. The van der Waals surface area contributed by atoms with Gasteiger partial charge in [-0.3, -0.25) is 9.59 Å². The summed E-state index contributed by atoms with van der Waals surface area (Å²) in [5.74, 6) is 0.149. The summed E-state index contributed by atoms with van der Waals surface area (Å²) in [5, 5.41) is 4.28. The number of nitrogens with one attached hydrogen (secondary N) is 1. The van der Waals surface area contributed by atoms with E-state index in [2.05, 4.69) is 5.32 Å². The van der Waals surface area contributed by atoms with Gasteiger partial charge in [0.15, 0.2) is 6.61 Å². The van der Waals surface area contributed by atoms with Crippen molar-refractivity contribution in [3.05, 3.63) is 99.0 Å². The summed E-state index contributed by atoms with van der Waals surface area (Å²) in [5.41, 5.74) is 1.68. The van der Waals surface area contributed by atoms with Crippen LogP contribution in [0.4, 0.5) is 0 Å². The van der Waals surface area contributed by atoms with Crippen LogP contribution in [0.25, 0.3) is 0 Å². The van der Waals surface area contributed by atoms with E-state index in [0.29, 0.717) is 33.8 Å². The maximum absolute atomic E-state index is 13.6. The maximum Gasteiger partial charge on any atom is 0.261 e. The molecule has 5 nitrogen and oxygen atoms in total. The van der Waals surface area contributed by atoms with E-state index in [1.807, 2.05) is 44.2 Å². The van der Waals surface area contributed by atoms with Crippen molar-refractivity contribution in [2.45, 2.75) is 32.9 Å². The van der Waals surface area contributed by atoms with Crippen LogP contribution in [0.15, 0.2) is 72.8 Å². The number of benzene rings is 3. The van der Waals surface area contributed by atoms with Gasteiger partial charge < -0.3 is 15.0 Å². The number of carbonyl (C=O) groups is 2. The zero-order valence-electron chi connectivity index (χ0n) is 20.2. The Morgan fingerprint density at radius 2 is 1.64 bits per heavy atom. The lowest BCUT2D eigenvalue weighted by Crippen LogP contribution is -2.52. The molecule has 0 aliphatic heterocycles. The van der Waals surface area contributed by atoms with Crippen molar-refractivity contribution < 1.29 is 14.3 Å². The zero-order chi connectivity index (χ0) is 26.1. The Labute approximate surface area is 227 Å². The first-order valence-electron chi connectivity index (χ1n) is 11.7. The third-order valence-electron chi connectivity index (χ3n) is 5.45. The largest absolute Gasteiger partial charge is 0.484 e. The molecular formula is C28H29Cl3N2O3. The van der Waals surface area contributed by atoms with Crippen LogP contribution in [-0.4, -0.2) is 35.9 Å². The van der Waals surface area contributed by atoms with Crippen LogP contribution in [-0.2, 0) is 22.6 Å². The Bertz CT molecular complexity index is 1170. The zero-order valence-corrected chi connectivity index (χ0v) is 22.5. The van der Waals surface area contributed by atoms with Crippen LogP contribution in [0.1, 0.15) is 25.0 Å². The number of halogens is 3. The van der Waals surface area contributed by atoms with E-state index in [-0.39, 0.29) is 30.9 Å². The summed E-state index contributed by atoms with van der Waals surface area (Å²) < 4.78 is 5.73. The summed E-state index contributed by atoms with van der Waals surface area (Å²) in [6.07, 6.45) is 0.342. The summed E-state index contributed by atoms with van der Waals surface area (Å²) in [4.78, 5) is 28.5. The Balaban J connectivity index is 1.92. The lowest BCUT2D eigenvalue weighted by Gasteiger charge is -2.31. The first-order valence-corrected chi connectivity index (χ1v) is 12.8. The van der Waals surface area contributed by atoms with E-state index in [9.17, 15) is 9.59 Å². The molecule has 2 amide bonds. The molecule has 0 bridgehead atoms. The van der Waals surface area contributed by atoms with Crippen molar-refractivity contribution in [1.82, 2.24) is 10.2 Å². The van der Waals surface area contributed by atoms with Gasteiger partial charge in [0, 0.05) is 24.5 Å². The number of amides is 2. The molecule has 3 aromatic rings. The van der Waals surface area contributed by atoms with Crippen LogP contribution >= 0.6 is 34.8 Å². The van der Waals surface area contributed by atoms with Gasteiger partial charge in [0.05, 0.1) is 10.0 Å². The second-order valence-corrected chi connectivity index (χ2v) is 10.1. The molecule has 36 heavy (non-hydrogen) atoms. The van der Waals surface area contributed by atoms with Crippen LogP contribution < -0.4 is 10.1 Å². The van der Waals surface area contributed by atoms with Crippen LogP contribution in [0.3, 0.4) is 0 Å². The van der Waals surface area contributed by atoms with Gasteiger partial charge in [-0.05, 0) is 47.4 Å². The van der Waals surface area contributed by atoms with Gasteiger partial charge in [-0.15, -0.1) is 0 Å². The summed E-state index contributed by atoms with van der Waals surface area (Å²) in [7, 11) is 0. The third kappa shape index (κ3) is 8.44. The Morgan fingerprint density at radius 1 is 0.889 bits per heavy atom. The fourth-order valence-corrected chi connectivity index (χ4v) is 4.10. The van der Waals surface area contributed by atoms with E-state index in [1.54, 1.807) is 42.5 Å². The normalized spacial score (nSPS) is 11.7. The van der Waals surface area contributed by atoms with Crippen LogP contribution in [0, 0.1) is 5.92 Å². The molecule has 0 radical (unpaired) electrons. The average molecular weight is 548 g/mol. The van der Waals surface area contributed by atoms with Gasteiger partial charge in [0.2, 0.25) is 5.91 Å². The monoisotopic (exact) mass is 546 g/mol. The van der Waals surface area contributed by atoms with E-state index >= 15 is 0 Å². The predicted octanol–water partition coefficient (Wildman–Crippen LogP) is 6.44. The van der Waals surface area contributed by atoms with Gasteiger partial charge in [0.25, 0.3) is 5.91 Å². The lowest BCUT2D eigenvalue weighted by molar-refractivity contribution is -0.142. The smallest absolute Gasteiger partial charge is 0.261 e. The Kier molecular flexibility index (Phi) is 10.5. The molecule has 1 atom stereocenters. The van der Waals surface area contributed by atoms with Crippen molar-refractivity contribution in [2.24, 2.45) is 5.92 Å². The minimum Gasteiger partial charge on any atom is -0.484 e. The maximum atomic E-state index is 13.6. The third-order valence-corrected chi connectivity index (χ3v) is 6.43. The number of nitrogens with zero attached hydrogens (tertiary/aromatic N) is 1. The highest BCUT2D eigenvalue weighted by molar-refractivity contribution is 6.42. The molecule has 0 aromatic heterocycles. The molecule has 1 unspecified atom stereocenters. The van der Waals surface area contributed by atoms with Crippen molar-refractivity contribution in [3.63, 3.8) is 0 Å². The highest BCUT2D eigenvalue weighted by atomic mass is 35.5. The number of carbonyl (C=O) groups excluding carboxylic acids is 2. The van der Waals surface area contributed by atoms with Gasteiger partial charge in [-0.2, -0.15) is 0 Å². The fourth-order valence-electron chi connectivity index (χ4n) is 3.60. The molecule has 0 heterocycles. The number of rotatable bonds is 11. The molecule has 3 aromatic carbocycles. The molecule has 0 spiro atoms. The van der Waals surface area contributed by atoms with Crippen molar-refractivity contribution in [3.8, 4) is 5.75 Å². The topological polar surface area (TPSA) is 58.6 Å². The van der Waals surface area contributed by atoms with E-state index in [4.69, 9.17) is 39.5 Å². The van der Waals surface area contributed by atoms with Crippen molar-refractivity contribution in [1.29, 1.82) is 0 Å². The fraction of sp³-hybridized carbons (Fsp3) is 0.286. The summed E-state index contributed by atoms with van der Waals surface area (Å²) >= 11 is 18.4. The Morgan fingerprint density at radius 3 is 2.31 bits per heavy atom. The molecule has 3 rings (SSSR count). The Hall–Kier alpha value is -2.73. The number of ether oxygens (including phenoxy) is 1. The second-order valence-electron chi connectivity index (χ2n) is 8.86. The highest BCUT2D eigenvalue weighted by Crippen LogP contribution is 2.25. The predicted molar refractivity (Wildman–Crippen MR) is 146 cm³/mol. The summed E-state index contributed by atoms with van der Waals surface area (Å²) in [6.45, 7) is 4.43. The minimum atomic E-state index is -0.768. The average Bonchev–Trinajstić information content (AvgIpc) is 2.86. The summed E-state index contributed by atoms with van der Waals surface area (Å²) in [6, 6.07) is 20.8. The number of hydrogen-bond acceptors (Lipinski definition) is 3. The molecule has 0 saturated carbocycles. The molecule has 1 N–H and O–H groups in total. The van der Waals surface area contributed by atoms with E-state index < -0.39 is 6.04 Å². The van der Waals surface area contributed by atoms with Crippen molar-refractivity contribution >= 4 is 46.6 Å². The first kappa shape index (κ1) is 27.9. The van der Waals surface area contributed by atoms with E-state index in [1.165, 1.54) is 4.90 Å². The van der Waals surface area contributed by atoms with Crippen LogP contribution in [0.5, 0.6) is 5.75 Å². The van der Waals surface area contributed by atoms with Crippen LogP contribution in [0.2, 0.25) is 15.1 Å². The standard InChI is InChI=1S/C28H29Cl3N2O3/c1-19(2)16-32-28(35)26(14-20-7-4-3-5-8-20)33(17-21-11-12-24(30)25(31)13-21)27(34)18-36-23-10-6-9-22(29)15-23/h3-13,15,19,26H,14,16-18H2,1-2H3,(H,32,35). The quantitative estimate of drug-likeness (QED) is 0.301. The van der Waals surface area contributed by atoms with Gasteiger partial charge >= 0.3 is 0 Å². The van der Waals surface area contributed by atoms with E-state index in [0.717, 1.165) is 11.1 Å². The van der Waals surface area contributed by atoms with Gasteiger partial charge in [0.1, 0.15) is 11.8 Å². The van der Waals surface area contributed by atoms with Gasteiger partial charge in [-0.25, -0.2) is 0 Å². The van der Waals surface area contributed by atoms with Crippen molar-refractivity contribution in [2.75, 3.05) is 13.2 Å². The highest BCUT2D eigenvalue weighted by Gasteiger charge is 2.31. The minimum absolute atomic E-state index is 0.154. The lowest BCUT2D eigenvalue weighted by atomic mass is 10.0. The molecule has 0 fully saturated rings. The molecule has 0 aliphatic carbocycles. The van der Waals surface area contributed by atoms with Gasteiger partial charge in [-0.1, -0.05) is 91.1 Å². The second kappa shape index (κ2) is 13.5. The molecule has 190 valence electrons. The molecule has 0 saturated heterocycles. The molecule has 8 heteroatoms. The first-order chi connectivity index (χ1) is 17.2. The number of hydrogen-bond donors (Lipinski definition) is 1.